The first-order valence-corrected chi connectivity index (χ1v) is 9.22. The van der Waals surface area contributed by atoms with Gasteiger partial charge in [-0.05, 0) is 30.2 Å². The van der Waals surface area contributed by atoms with Crippen molar-refractivity contribution in [2.45, 2.75) is 37.3 Å². The van der Waals surface area contributed by atoms with Crippen molar-refractivity contribution in [1.29, 1.82) is 0 Å². The molecular formula is C15H21N7O2S. The third-order valence-corrected chi connectivity index (χ3v) is 5.29. The van der Waals surface area contributed by atoms with E-state index in [1.807, 2.05) is 4.90 Å². The van der Waals surface area contributed by atoms with Crippen molar-refractivity contribution in [2.75, 3.05) is 18.8 Å². The van der Waals surface area contributed by atoms with E-state index in [1.165, 1.54) is 11.8 Å². The van der Waals surface area contributed by atoms with Crippen LogP contribution in [-0.2, 0) is 11.8 Å². The molecule has 1 aliphatic rings. The number of aromatic nitrogens is 6. The van der Waals surface area contributed by atoms with Crippen molar-refractivity contribution in [3.63, 3.8) is 0 Å². The molecule has 0 radical (unpaired) electrons. The lowest BCUT2D eigenvalue weighted by Crippen LogP contribution is -2.38. The lowest BCUT2D eigenvalue weighted by atomic mass is 9.93. The molecule has 2 aromatic heterocycles. The van der Waals surface area contributed by atoms with E-state index in [1.54, 1.807) is 24.7 Å². The molecule has 0 atom stereocenters. The Bertz CT molecular complexity index is 795. The van der Waals surface area contributed by atoms with Gasteiger partial charge in [0.15, 0.2) is 0 Å². The minimum Gasteiger partial charge on any atom is -0.343 e. The first-order valence-electron chi connectivity index (χ1n) is 8.23. The molecule has 1 amide bonds. The molecule has 0 aromatic carbocycles. The van der Waals surface area contributed by atoms with Gasteiger partial charge in [-0.25, -0.2) is 9.67 Å². The summed E-state index contributed by atoms with van der Waals surface area (Å²) in [6, 6.07) is 1.57. The lowest BCUT2D eigenvalue weighted by Gasteiger charge is -2.31. The molecule has 1 N–H and O–H groups in total. The Morgan fingerprint density at radius 2 is 2.16 bits per heavy atom. The molecule has 2 aromatic rings. The number of likely N-dealkylation sites (tertiary alicyclic amines) is 1. The van der Waals surface area contributed by atoms with Gasteiger partial charge in [0.1, 0.15) is 5.82 Å². The minimum absolute atomic E-state index is 0.115. The second kappa shape index (κ2) is 7.77. The molecule has 0 bridgehead atoms. The topological polar surface area (TPSA) is 110 Å². The Morgan fingerprint density at radius 1 is 1.40 bits per heavy atom. The van der Waals surface area contributed by atoms with Gasteiger partial charge in [0.05, 0.1) is 5.69 Å². The second-order valence-corrected chi connectivity index (χ2v) is 7.16. The van der Waals surface area contributed by atoms with E-state index < -0.39 is 0 Å². The summed E-state index contributed by atoms with van der Waals surface area (Å²) >= 11 is 1.48. The Morgan fingerprint density at radius 3 is 2.80 bits per heavy atom. The molecule has 25 heavy (non-hydrogen) atoms. The number of amides is 1. The van der Waals surface area contributed by atoms with Gasteiger partial charge in [-0.1, -0.05) is 11.8 Å². The number of aromatic amines is 1. The predicted octanol–water partition coefficient (Wildman–Crippen LogP) is 0.490. The third-order valence-electron chi connectivity index (χ3n) is 4.27. The maximum Gasteiger partial charge on any atom is 0.251 e. The molecular weight excluding hydrogens is 342 g/mol. The van der Waals surface area contributed by atoms with Crippen molar-refractivity contribution >= 4 is 17.7 Å². The number of tetrazole rings is 1. The summed E-state index contributed by atoms with van der Waals surface area (Å²) in [5, 5.41) is 11.9. The Labute approximate surface area is 149 Å². The van der Waals surface area contributed by atoms with Crippen LogP contribution in [0.2, 0.25) is 0 Å². The molecule has 134 valence electrons. The van der Waals surface area contributed by atoms with Gasteiger partial charge in [0, 0.05) is 44.3 Å². The fraction of sp³-hybridized carbons (Fsp3) is 0.600. The average Bonchev–Trinajstić information content (AvgIpc) is 2.99. The van der Waals surface area contributed by atoms with E-state index in [0.29, 0.717) is 36.2 Å². The van der Waals surface area contributed by atoms with Crippen LogP contribution in [0.1, 0.15) is 36.7 Å². The first kappa shape index (κ1) is 17.6. The molecule has 1 aliphatic heterocycles. The number of carbonyl (C=O) groups is 1. The fourth-order valence-corrected chi connectivity index (χ4v) is 3.74. The van der Waals surface area contributed by atoms with E-state index in [-0.39, 0.29) is 17.4 Å². The van der Waals surface area contributed by atoms with Gasteiger partial charge < -0.3 is 9.88 Å². The molecule has 0 unspecified atom stereocenters. The van der Waals surface area contributed by atoms with Crippen LogP contribution in [-0.4, -0.2) is 59.8 Å². The molecule has 0 saturated carbocycles. The number of rotatable bonds is 5. The number of nitrogens with one attached hydrogen (secondary N) is 1. The van der Waals surface area contributed by atoms with Crippen molar-refractivity contribution in [2.24, 2.45) is 7.05 Å². The Hall–Kier alpha value is -2.23. The Balaban J connectivity index is 1.47. The Kier molecular flexibility index (Phi) is 5.47. The predicted molar refractivity (Wildman–Crippen MR) is 92.3 cm³/mol. The van der Waals surface area contributed by atoms with Crippen LogP contribution in [0.25, 0.3) is 0 Å². The fourth-order valence-electron chi connectivity index (χ4n) is 2.97. The number of carbonyl (C=O) groups excluding carboxylic acids is 1. The first-order chi connectivity index (χ1) is 12.0. The van der Waals surface area contributed by atoms with Gasteiger partial charge in [-0.15, -0.1) is 5.10 Å². The smallest absolute Gasteiger partial charge is 0.251 e. The highest BCUT2D eigenvalue weighted by Crippen LogP contribution is 2.26. The molecule has 9 nitrogen and oxygen atoms in total. The average molecular weight is 363 g/mol. The standard InChI is InChI=1S/C15H21N7O2S/c1-10-16-12(9-13(23)17-10)11-3-6-22(7-4-11)14(24)5-8-25-15-18-19-20-21(15)2/h9,11H,3-8H2,1-2H3,(H,16,17,23). The highest BCUT2D eigenvalue weighted by atomic mass is 32.2. The number of nitrogens with zero attached hydrogens (tertiary/aromatic N) is 6. The third kappa shape index (κ3) is 4.44. The quantitative estimate of drug-likeness (QED) is 0.770. The van der Waals surface area contributed by atoms with Crippen LogP contribution in [0.4, 0.5) is 0 Å². The molecule has 0 spiro atoms. The molecule has 0 aliphatic carbocycles. The van der Waals surface area contributed by atoms with E-state index in [4.69, 9.17) is 0 Å². The summed E-state index contributed by atoms with van der Waals surface area (Å²) in [4.78, 5) is 32.9. The normalized spacial score (nSPS) is 15.5. The zero-order chi connectivity index (χ0) is 17.8. The van der Waals surface area contributed by atoms with Crippen molar-refractivity contribution in [3.8, 4) is 0 Å². The van der Waals surface area contributed by atoms with Gasteiger partial charge in [0.2, 0.25) is 11.1 Å². The van der Waals surface area contributed by atoms with Crippen LogP contribution in [0.15, 0.2) is 16.0 Å². The minimum atomic E-state index is -0.115. The number of thioether (sulfide) groups is 1. The van der Waals surface area contributed by atoms with E-state index in [0.717, 1.165) is 18.5 Å². The van der Waals surface area contributed by atoms with Crippen molar-refractivity contribution in [3.05, 3.63) is 27.9 Å². The molecule has 3 heterocycles. The summed E-state index contributed by atoms with van der Waals surface area (Å²) in [7, 11) is 1.78. The van der Waals surface area contributed by atoms with Crippen LogP contribution in [0.3, 0.4) is 0 Å². The maximum atomic E-state index is 12.3. The summed E-state index contributed by atoms with van der Waals surface area (Å²) < 4.78 is 1.59. The zero-order valence-electron chi connectivity index (χ0n) is 14.3. The number of piperidine rings is 1. The van der Waals surface area contributed by atoms with Crippen LogP contribution >= 0.6 is 11.8 Å². The van der Waals surface area contributed by atoms with E-state index >= 15 is 0 Å². The maximum absolute atomic E-state index is 12.3. The number of hydrogen-bond acceptors (Lipinski definition) is 7. The lowest BCUT2D eigenvalue weighted by molar-refractivity contribution is -0.131. The highest BCUT2D eigenvalue weighted by Gasteiger charge is 2.25. The largest absolute Gasteiger partial charge is 0.343 e. The number of aryl methyl sites for hydroxylation is 2. The van der Waals surface area contributed by atoms with Crippen molar-refractivity contribution in [1.82, 2.24) is 35.1 Å². The van der Waals surface area contributed by atoms with Gasteiger partial charge in [-0.3, -0.25) is 9.59 Å². The zero-order valence-corrected chi connectivity index (χ0v) is 15.1. The highest BCUT2D eigenvalue weighted by molar-refractivity contribution is 7.99. The summed E-state index contributed by atoms with van der Waals surface area (Å²) in [5.74, 6) is 1.68. The molecule has 1 fully saturated rings. The number of hydrogen-bond donors (Lipinski definition) is 1. The van der Waals surface area contributed by atoms with E-state index in [9.17, 15) is 9.59 Å². The molecule has 1 saturated heterocycles. The van der Waals surface area contributed by atoms with Gasteiger partial charge >= 0.3 is 0 Å². The molecule has 3 rings (SSSR count). The molecule has 10 heteroatoms. The summed E-state index contributed by atoms with van der Waals surface area (Å²) in [6.45, 7) is 3.19. The van der Waals surface area contributed by atoms with Crippen LogP contribution in [0.5, 0.6) is 0 Å². The van der Waals surface area contributed by atoms with Gasteiger partial charge in [-0.2, -0.15) is 0 Å². The monoisotopic (exact) mass is 363 g/mol. The summed E-state index contributed by atoms with van der Waals surface area (Å²) in [6.07, 6.45) is 2.13. The van der Waals surface area contributed by atoms with Crippen LogP contribution in [0, 0.1) is 6.92 Å². The summed E-state index contributed by atoms with van der Waals surface area (Å²) in [5.41, 5.74) is 0.718. The van der Waals surface area contributed by atoms with Crippen LogP contribution < -0.4 is 5.56 Å². The number of H-pyrrole nitrogens is 1. The SMILES string of the molecule is Cc1nc(C2CCN(C(=O)CCSc3nnnn3C)CC2)cc(=O)[nH]1. The second-order valence-electron chi connectivity index (χ2n) is 6.09. The van der Waals surface area contributed by atoms with E-state index in [2.05, 4.69) is 25.5 Å². The van der Waals surface area contributed by atoms with Crippen molar-refractivity contribution < 1.29 is 4.79 Å². The van der Waals surface area contributed by atoms with Gasteiger partial charge in [0.25, 0.3) is 5.56 Å².